The summed E-state index contributed by atoms with van der Waals surface area (Å²) in [5, 5.41) is 0. The van der Waals surface area contributed by atoms with Crippen molar-refractivity contribution in [2.75, 3.05) is 0 Å². The largest absolute Gasteiger partial charge is 0.264 e. The summed E-state index contributed by atoms with van der Waals surface area (Å²) in [6.07, 6.45) is 5.40. The molecular weight excluding hydrogens is 300 g/mol. The molecule has 0 saturated carbocycles. The zero-order valence-electron chi connectivity index (χ0n) is 10.0. The first-order valence-electron chi connectivity index (χ1n) is 5.88. The van der Waals surface area contributed by atoms with Crippen molar-refractivity contribution in [1.29, 1.82) is 0 Å². The predicted molar refractivity (Wildman–Crippen MR) is 79.4 cm³/mol. The monoisotopic (exact) mass is 309 g/mol. The summed E-state index contributed by atoms with van der Waals surface area (Å²) in [5.41, 5.74) is 3.99. The summed E-state index contributed by atoms with van der Waals surface area (Å²) < 4.78 is 1.00. The van der Waals surface area contributed by atoms with Crippen LogP contribution in [0.25, 0.3) is 22.4 Å². The minimum Gasteiger partial charge on any atom is -0.264 e. The molecule has 19 heavy (non-hydrogen) atoms. The van der Waals surface area contributed by atoms with Crippen molar-refractivity contribution in [1.82, 2.24) is 9.97 Å². The van der Waals surface area contributed by atoms with Gasteiger partial charge in [0, 0.05) is 39.8 Å². The highest BCUT2D eigenvalue weighted by Crippen LogP contribution is 2.35. The minimum absolute atomic E-state index is 0.921. The van der Waals surface area contributed by atoms with E-state index in [0.717, 1.165) is 26.9 Å². The van der Waals surface area contributed by atoms with Crippen molar-refractivity contribution in [2.45, 2.75) is 0 Å². The molecule has 2 heterocycles. The Kier molecular flexibility index (Phi) is 3.38. The summed E-state index contributed by atoms with van der Waals surface area (Å²) in [4.78, 5) is 8.60. The fraction of sp³-hybridized carbons (Fsp3) is 0. The topological polar surface area (TPSA) is 25.8 Å². The van der Waals surface area contributed by atoms with Gasteiger partial charge < -0.3 is 0 Å². The lowest BCUT2D eigenvalue weighted by molar-refractivity contribution is 1.31. The minimum atomic E-state index is 0.921. The van der Waals surface area contributed by atoms with E-state index in [0.29, 0.717) is 0 Å². The Labute approximate surface area is 120 Å². The highest BCUT2D eigenvalue weighted by molar-refractivity contribution is 9.10. The van der Waals surface area contributed by atoms with Crippen molar-refractivity contribution in [2.24, 2.45) is 0 Å². The molecule has 2 aromatic heterocycles. The van der Waals surface area contributed by atoms with E-state index in [1.165, 1.54) is 0 Å². The fourth-order valence-corrected chi connectivity index (χ4v) is 2.51. The molecule has 0 bridgehead atoms. The number of halogens is 1. The van der Waals surface area contributed by atoms with E-state index >= 15 is 0 Å². The lowest BCUT2D eigenvalue weighted by Gasteiger charge is -2.10. The molecule has 3 heteroatoms. The van der Waals surface area contributed by atoms with Gasteiger partial charge in [-0.1, -0.05) is 34.1 Å². The van der Waals surface area contributed by atoms with Gasteiger partial charge in [0.25, 0.3) is 0 Å². The molecule has 0 atom stereocenters. The van der Waals surface area contributed by atoms with Gasteiger partial charge in [-0.25, -0.2) is 0 Å². The van der Waals surface area contributed by atoms with Crippen LogP contribution >= 0.6 is 15.9 Å². The third kappa shape index (κ3) is 2.42. The predicted octanol–water partition coefficient (Wildman–Crippen LogP) is 4.37. The van der Waals surface area contributed by atoms with Crippen LogP contribution in [0.4, 0.5) is 0 Å². The van der Waals surface area contributed by atoms with Gasteiger partial charge in [0.15, 0.2) is 0 Å². The van der Waals surface area contributed by atoms with Crippen molar-refractivity contribution >= 4 is 15.9 Å². The number of benzene rings is 1. The van der Waals surface area contributed by atoms with Gasteiger partial charge in [0.1, 0.15) is 0 Å². The Bertz CT molecular complexity index is 682. The molecule has 1 radical (unpaired) electrons. The molecule has 0 spiro atoms. The Morgan fingerprint density at radius 1 is 1.00 bits per heavy atom. The van der Waals surface area contributed by atoms with Crippen LogP contribution in [0, 0.1) is 6.07 Å². The molecule has 0 saturated heterocycles. The Balaban J connectivity index is 2.25. The van der Waals surface area contributed by atoms with Crippen LogP contribution in [0.5, 0.6) is 0 Å². The molecular formula is C16H10BrN2. The summed E-state index contributed by atoms with van der Waals surface area (Å²) >= 11 is 3.60. The SMILES string of the molecule is Brc1cc[c]c(-c2cccnc2)c1-c1ccccn1. The molecule has 0 unspecified atom stereocenters. The van der Waals surface area contributed by atoms with Gasteiger partial charge in [-0.3, -0.25) is 9.97 Å². The number of nitrogens with zero attached hydrogens (tertiary/aromatic N) is 2. The van der Waals surface area contributed by atoms with Gasteiger partial charge in [-0.05, 0) is 30.3 Å². The normalized spacial score (nSPS) is 10.4. The first-order valence-corrected chi connectivity index (χ1v) is 6.67. The van der Waals surface area contributed by atoms with Crippen LogP contribution in [0.3, 0.4) is 0 Å². The first-order chi connectivity index (χ1) is 9.36. The van der Waals surface area contributed by atoms with Crippen molar-refractivity contribution in [3.8, 4) is 22.4 Å². The van der Waals surface area contributed by atoms with E-state index in [-0.39, 0.29) is 0 Å². The lowest BCUT2D eigenvalue weighted by atomic mass is 9.98. The average molecular weight is 310 g/mol. The van der Waals surface area contributed by atoms with Crippen LogP contribution in [0.1, 0.15) is 0 Å². The second-order valence-corrected chi connectivity index (χ2v) is 4.89. The van der Waals surface area contributed by atoms with Gasteiger partial charge in [-0.2, -0.15) is 0 Å². The van der Waals surface area contributed by atoms with Crippen LogP contribution in [0.15, 0.2) is 65.5 Å². The number of hydrogen-bond donors (Lipinski definition) is 0. The summed E-state index contributed by atoms with van der Waals surface area (Å²) in [6.45, 7) is 0. The third-order valence-corrected chi connectivity index (χ3v) is 3.48. The van der Waals surface area contributed by atoms with Gasteiger partial charge in [-0.15, -0.1) is 0 Å². The molecule has 0 aliphatic rings. The summed E-state index contributed by atoms with van der Waals surface area (Å²) in [7, 11) is 0. The first kappa shape index (κ1) is 12.1. The van der Waals surface area contributed by atoms with Crippen LogP contribution < -0.4 is 0 Å². The second kappa shape index (κ2) is 5.33. The van der Waals surface area contributed by atoms with Crippen LogP contribution in [-0.4, -0.2) is 9.97 Å². The van der Waals surface area contributed by atoms with Crippen molar-refractivity contribution in [3.63, 3.8) is 0 Å². The van der Waals surface area contributed by atoms with E-state index in [4.69, 9.17) is 0 Å². The molecule has 0 amide bonds. The van der Waals surface area contributed by atoms with Crippen molar-refractivity contribution in [3.05, 3.63) is 71.6 Å². The van der Waals surface area contributed by atoms with E-state index in [1.807, 2.05) is 48.7 Å². The van der Waals surface area contributed by atoms with Gasteiger partial charge in [0.2, 0.25) is 0 Å². The number of hydrogen-bond acceptors (Lipinski definition) is 2. The molecule has 0 fully saturated rings. The van der Waals surface area contributed by atoms with Crippen LogP contribution in [-0.2, 0) is 0 Å². The van der Waals surface area contributed by atoms with Gasteiger partial charge in [0.05, 0.1) is 5.69 Å². The Morgan fingerprint density at radius 3 is 2.68 bits per heavy atom. The number of rotatable bonds is 2. The standard InChI is InChI=1S/C16H10BrN2/c17-14-7-3-6-13(12-5-4-9-18-11-12)16(14)15-8-1-2-10-19-15/h1-5,7-11H. The smallest absolute Gasteiger partial charge is 0.0719 e. The van der Waals surface area contributed by atoms with Crippen LogP contribution in [0.2, 0.25) is 0 Å². The quantitative estimate of drug-likeness (QED) is 0.702. The highest BCUT2D eigenvalue weighted by Gasteiger charge is 2.11. The van der Waals surface area contributed by atoms with E-state index < -0.39 is 0 Å². The fourth-order valence-electron chi connectivity index (χ4n) is 1.97. The lowest BCUT2D eigenvalue weighted by Crippen LogP contribution is -1.89. The van der Waals surface area contributed by atoms with Crippen molar-refractivity contribution < 1.29 is 0 Å². The molecule has 3 aromatic rings. The molecule has 2 nitrogen and oxygen atoms in total. The highest BCUT2D eigenvalue weighted by atomic mass is 79.9. The Hall–Kier alpha value is -2.00. The van der Waals surface area contributed by atoms with E-state index in [9.17, 15) is 0 Å². The summed E-state index contributed by atoms with van der Waals surface area (Å²) in [5.74, 6) is 0. The molecule has 0 N–H and O–H groups in total. The molecule has 0 aliphatic carbocycles. The maximum absolute atomic E-state index is 4.43. The maximum atomic E-state index is 4.43. The van der Waals surface area contributed by atoms with Gasteiger partial charge >= 0.3 is 0 Å². The van der Waals surface area contributed by atoms with E-state index in [2.05, 4.69) is 32.0 Å². The summed E-state index contributed by atoms with van der Waals surface area (Å²) in [6, 6.07) is 17.0. The molecule has 91 valence electrons. The van der Waals surface area contributed by atoms with E-state index in [1.54, 1.807) is 12.4 Å². The Morgan fingerprint density at radius 2 is 1.95 bits per heavy atom. The third-order valence-electron chi connectivity index (χ3n) is 2.82. The number of pyridine rings is 2. The second-order valence-electron chi connectivity index (χ2n) is 4.03. The zero-order valence-corrected chi connectivity index (χ0v) is 11.6. The maximum Gasteiger partial charge on any atom is 0.0719 e. The molecule has 3 rings (SSSR count). The zero-order chi connectivity index (χ0) is 13.1. The number of aromatic nitrogens is 2. The average Bonchev–Trinajstić information content (AvgIpc) is 2.49. The molecule has 1 aromatic carbocycles. The molecule has 0 aliphatic heterocycles.